The molecular weight excluding hydrogens is 284 g/mol. The molecule has 2 fully saturated rings. The van der Waals surface area contributed by atoms with Gasteiger partial charge in [-0.25, -0.2) is 9.97 Å². The molecule has 2 aliphatic rings. The van der Waals surface area contributed by atoms with Crippen molar-refractivity contribution in [2.45, 2.75) is 44.6 Å². The summed E-state index contributed by atoms with van der Waals surface area (Å²) in [5, 5.41) is 0. The van der Waals surface area contributed by atoms with E-state index < -0.39 is 0 Å². The monoisotopic (exact) mass is 308 g/mol. The molecule has 2 heterocycles. The van der Waals surface area contributed by atoms with Crippen LogP contribution in [0.5, 0.6) is 0 Å². The maximum atomic E-state index is 6.06. The summed E-state index contributed by atoms with van der Waals surface area (Å²) in [6, 6.07) is 8.95. The standard InChI is InChI=1S/C19H24N4/c1-13-3-2-4-15(11-13)18-17(23-9-7-16(20)8-10-23)12-21-19(22-18)14-5-6-14/h2-4,11-12,14,16H,5-10,20H2,1H3. The third-order valence-electron chi connectivity index (χ3n) is 4.90. The van der Waals surface area contributed by atoms with Crippen LogP contribution in [-0.4, -0.2) is 29.1 Å². The topological polar surface area (TPSA) is 55.0 Å². The van der Waals surface area contributed by atoms with E-state index in [1.807, 2.05) is 6.20 Å². The SMILES string of the molecule is Cc1cccc(-c2nc(C3CC3)ncc2N2CCC(N)CC2)c1. The predicted octanol–water partition coefficient (Wildman–Crippen LogP) is 3.26. The third kappa shape index (κ3) is 3.08. The van der Waals surface area contributed by atoms with Crippen molar-refractivity contribution in [1.29, 1.82) is 0 Å². The Hall–Kier alpha value is -1.94. The fraction of sp³-hybridized carbons (Fsp3) is 0.474. The van der Waals surface area contributed by atoms with Crippen molar-refractivity contribution in [2.24, 2.45) is 5.73 Å². The average Bonchev–Trinajstić information content (AvgIpc) is 3.40. The number of benzene rings is 1. The highest BCUT2D eigenvalue weighted by Gasteiger charge is 2.28. The molecule has 0 radical (unpaired) electrons. The van der Waals surface area contributed by atoms with Gasteiger partial charge in [0.1, 0.15) is 5.82 Å². The van der Waals surface area contributed by atoms with Crippen LogP contribution in [0.15, 0.2) is 30.5 Å². The molecule has 4 heteroatoms. The first kappa shape index (κ1) is 14.6. The Balaban J connectivity index is 1.75. The lowest BCUT2D eigenvalue weighted by Gasteiger charge is -2.32. The Labute approximate surface area is 137 Å². The van der Waals surface area contributed by atoms with E-state index in [1.54, 1.807) is 0 Å². The fourth-order valence-corrected chi connectivity index (χ4v) is 3.30. The van der Waals surface area contributed by atoms with Gasteiger partial charge in [-0.2, -0.15) is 0 Å². The Morgan fingerprint density at radius 2 is 1.91 bits per heavy atom. The predicted molar refractivity (Wildman–Crippen MR) is 93.6 cm³/mol. The number of aromatic nitrogens is 2. The molecule has 1 aromatic heterocycles. The van der Waals surface area contributed by atoms with Crippen LogP contribution >= 0.6 is 0 Å². The van der Waals surface area contributed by atoms with Gasteiger partial charge in [0.05, 0.1) is 17.6 Å². The molecule has 0 atom stereocenters. The molecule has 120 valence electrons. The van der Waals surface area contributed by atoms with Gasteiger partial charge in [-0.05, 0) is 38.7 Å². The summed E-state index contributed by atoms with van der Waals surface area (Å²) in [6.45, 7) is 4.12. The molecule has 0 amide bonds. The molecule has 1 aromatic carbocycles. The van der Waals surface area contributed by atoms with Crippen LogP contribution in [0.25, 0.3) is 11.3 Å². The smallest absolute Gasteiger partial charge is 0.132 e. The minimum atomic E-state index is 0.334. The van der Waals surface area contributed by atoms with Gasteiger partial charge in [-0.3, -0.25) is 0 Å². The van der Waals surface area contributed by atoms with Gasteiger partial charge in [0, 0.05) is 30.6 Å². The molecular formula is C19H24N4. The number of hydrogen-bond acceptors (Lipinski definition) is 4. The second-order valence-electron chi connectivity index (χ2n) is 6.93. The summed E-state index contributed by atoms with van der Waals surface area (Å²) in [5.74, 6) is 1.58. The van der Waals surface area contributed by atoms with E-state index in [4.69, 9.17) is 10.7 Å². The molecule has 2 N–H and O–H groups in total. The van der Waals surface area contributed by atoms with Gasteiger partial charge >= 0.3 is 0 Å². The second-order valence-corrected chi connectivity index (χ2v) is 6.93. The molecule has 4 nitrogen and oxygen atoms in total. The lowest BCUT2D eigenvalue weighted by atomic mass is 10.0. The van der Waals surface area contributed by atoms with Crippen molar-refractivity contribution in [2.75, 3.05) is 18.0 Å². The molecule has 0 bridgehead atoms. The molecule has 1 saturated heterocycles. The Bertz CT molecular complexity index is 700. The minimum Gasteiger partial charge on any atom is -0.368 e. The zero-order valence-electron chi connectivity index (χ0n) is 13.7. The number of nitrogens with two attached hydrogens (primary N) is 1. The number of hydrogen-bond donors (Lipinski definition) is 1. The van der Waals surface area contributed by atoms with Crippen molar-refractivity contribution in [3.8, 4) is 11.3 Å². The lowest BCUT2D eigenvalue weighted by molar-refractivity contribution is 0.501. The van der Waals surface area contributed by atoms with Crippen molar-refractivity contribution in [3.05, 3.63) is 41.9 Å². The Morgan fingerprint density at radius 3 is 2.61 bits per heavy atom. The molecule has 1 aliphatic carbocycles. The zero-order chi connectivity index (χ0) is 15.8. The molecule has 4 rings (SSSR count). The fourth-order valence-electron chi connectivity index (χ4n) is 3.30. The van der Waals surface area contributed by atoms with E-state index in [0.29, 0.717) is 12.0 Å². The van der Waals surface area contributed by atoms with E-state index >= 15 is 0 Å². The molecule has 23 heavy (non-hydrogen) atoms. The Morgan fingerprint density at radius 1 is 1.13 bits per heavy atom. The van der Waals surface area contributed by atoms with Crippen LogP contribution in [-0.2, 0) is 0 Å². The van der Waals surface area contributed by atoms with Gasteiger partial charge in [0.15, 0.2) is 0 Å². The van der Waals surface area contributed by atoms with Gasteiger partial charge in [-0.1, -0.05) is 23.8 Å². The van der Waals surface area contributed by atoms with Crippen LogP contribution in [0.3, 0.4) is 0 Å². The molecule has 1 saturated carbocycles. The van der Waals surface area contributed by atoms with Crippen molar-refractivity contribution in [1.82, 2.24) is 9.97 Å². The van der Waals surface area contributed by atoms with E-state index in [1.165, 1.54) is 24.0 Å². The maximum Gasteiger partial charge on any atom is 0.132 e. The van der Waals surface area contributed by atoms with Crippen LogP contribution < -0.4 is 10.6 Å². The number of rotatable bonds is 3. The summed E-state index contributed by atoms with van der Waals surface area (Å²) >= 11 is 0. The molecule has 0 unspecified atom stereocenters. The maximum absolute atomic E-state index is 6.06. The number of nitrogens with zero attached hydrogens (tertiary/aromatic N) is 3. The minimum absolute atomic E-state index is 0.334. The highest BCUT2D eigenvalue weighted by atomic mass is 15.2. The first-order valence-electron chi connectivity index (χ1n) is 8.65. The normalized spacial score (nSPS) is 19.1. The first-order valence-corrected chi connectivity index (χ1v) is 8.65. The second kappa shape index (κ2) is 5.93. The zero-order valence-corrected chi connectivity index (χ0v) is 13.7. The van der Waals surface area contributed by atoms with E-state index in [-0.39, 0.29) is 0 Å². The summed E-state index contributed by atoms with van der Waals surface area (Å²) in [6.07, 6.45) is 6.57. The van der Waals surface area contributed by atoms with Crippen molar-refractivity contribution >= 4 is 5.69 Å². The van der Waals surface area contributed by atoms with Gasteiger partial charge in [-0.15, -0.1) is 0 Å². The van der Waals surface area contributed by atoms with Crippen LogP contribution in [0, 0.1) is 6.92 Å². The number of piperidine rings is 1. The van der Waals surface area contributed by atoms with E-state index in [0.717, 1.165) is 43.1 Å². The summed E-state index contributed by atoms with van der Waals surface area (Å²) < 4.78 is 0. The van der Waals surface area contributed by atoms with Crippen molar-refractivity contribution in [3.63, 3.8) is 0 Å². The van der Waals surface area contributed by atoms with E-state index in [2.05, 4.69) is 41.1 Å². The Kier molecular flexibility index (Phi) is 3.77. The van der Waals surface area contributed by atoms with E-state index in [9.17, 15) is 0 Å². The highest BCUT2D eigenvalue weighted by Crippen LogP contribution is 2.40. The summed E-state index contributed by atoms with van der Waals surface area (Å²) in [4.78, 5) is 12.0. The summed E-state index contributed by atoms with van der Waals surface area (Å²) in [7, 11) is 0. The molecule has 2 aromatic rings. The highest BCUT2D eigenvalue weighted by molar-refractivity contribution is 5.75. The van der Waals surface area contributed by atoms with Crippen LogP contribution in [0.1, 0.15) is 43.0 Å². The number of anilines is 1. The number of aryl methyl sites for hydroxylation is 1. The third-order valence-corrected chi connectivity index (χ3v) is 4.90. The quantitative estimate of drug-likeness (QED) is 0.945. The molecule has 1 aliphatic heterocycles. The molecule has 0 spiro atoms. The van der Waals surface area contributed by atoms with Gasteiger partial charge in [0.25, 0.3) is 0 Å². The largest absolute Gasteiger partial charge is 0.368 e. The first-order chi connectivity index (χ1) is 11.2. The summed E-state index contributed by atoms with van der Waals surface area (Å²) in [5.41, 5.74) is 10.8. The van der Waals surface area contributed by atoms with Gasteiger partial charge < -0.3 is 10.6 Å². The van der Waals surface area contributed by atoms with Crippen molar-refractivity contribution < 1.29 is 0 Å². The lowest BCUT2D eigenvalue weighted by Crippen LogP contribution is -2.40. The van der Waals surface area contributed by atoms with Crippen LogP contribution in [0.4, 0.5) is 5.69 Å². The average molecular weight is 308 g/mol. The van der Waals surface area contributed by atoms with Crippen LogP contribution in [0.2, 0.25) is 0 Å². The van der Waals surface area contributed by atoms with Gasteiger partial charge in [0.2, 0.25) is 0 Å².